The Bertz CT molecular complexity index is 392. The Morgan fingerprint density at radius 1 is 1.39 bits per heavy atom. The van der Waals surface area contributed by atoms with Crippen molar-refractivity contribution in [3.05, 3.63) is 28.8 Å². The molecule has 2 rings (SSSR count). The third kappa shape index (κ3) is 3.21. The second-order valence-electron chi connectivity index (χ2n) is 5.04. The molecule has 1 heterocycles. The fourth-order valence-electron chi connectivity index (χ4n) is 2.80. The SMILES string of the molecule is CCCC1CCCCN1c1ccc(CBr)c(Cl)c1. The van der Waals surface area contributed by atoms with Gasteiger partial charge in [0.2, 0.25) is 0 Å². The molecule has 0 spiro atoms. The lowest BCUT2D eigenvalue weighted by atomic mass is 9.97. The van der Waals surface area contributed by atoms with Crippen LogP contribution in [-0.4, -0.2) is 12.6 Å². The van der Waals surface area contributed by atoms with Crippen molar-refractivity contribution in [2.24, 2.45) is 0 Å². The maximum Gasteiger partial charge on any atom is 0.0467 e. The first-order valence-corrected chi connectivity index (χ1v) is 8.37. The molecule has 0 radical (unpaired) electrons. The minimum Gasteiger partial charge on any atom is -0.369 e. The highest BCUT2D eigenvalue weighted by atomic mass is 79.9. The second kappa shape index (κ2) is 6.81. The van der Waals surface area contributed by atoms with Crippen molar-refractivity contribution < 1.29 is 0 Å². The van der Waals surface area contributed by atoms with E-state index < -0.39 is 0 Å². The van der Waals surface area contributed by atoms with Crippen LogP contribution in [0, 0.1) is 0 Å². The van der Waals surface area contributed by atoms with E-state index in [4.69, 9.17) is 11.6 Å². The van der Waals surface area contributed by atoms with Crippen molar-refractivity contribution in [1.82, 2.24) is 0 Å². The topological polar surface area (TPSA) is 3.24 Å². The van der Waals surface area contributed by atoms with Crippen LogP contribution in [0.2, 0.25) is 5.02 Å². The molecule has 0 bridgehead atoms. The van der Waals surface area contributed by atoms with E-state index in [2.05, 4.69) is 46.0 Å². The fraction of sp³-hybridized carbons (Fsp3) is 0.600. The van der Waals surface area contributed by atoms with Crippen molar-refractivity contribution in [2.45, 2.75) is 50.4 Å². The van der Waals surface area contributed by atoms with Gasteiger partial charge in [-0.3, -0.25) is 0 Å². The summed E-state index contributed by atoms with van der Waals surface area (Å²) in [6.07, 6.45) is 6.55. The summed E-state index contributed by atoms with van der Waals surface area (Å²) in [6.45, 7) is 3.45. The molecule has 1 unspecified atom stereocenters. The van der Waals surface area contributed by atoms with E-state index in [0.29, 0.717) is 6.04 Å². The van der Waals surface area contributed by atoms with Crippen molar-refractivity contribution in [2.75, 3.05) is 11.4 Å². The molecule has 1 nitrogen and oxygen atoms in total. The van der Waals surface area contributed by atoms with Crippen molar-refractivity contribution in [3.8, 4) is 0 Å². The molecule has 1 aromatic rings. The number of rotatable bonds is 4. The molecule has 1 aromatic carbocycles. The number of halogens is 2. The number of hydrogen-bond acceptors (Lipinski definition) is 1. The summed E-state index contributed by atoms with van der Waals surface area (Å²) in [7, 11) is 0. The van der Waals surface area contributed by atoms with Crippen LogP contribution in [0.25, 0.3) is 0 Å². The van der Waals surface area contributed by atoms with Crippen LogP contribution in [0.5, 0.6) is 0 Å². The highest BCUT2D eigenvalue weighted by molar-refractivity contribution is 9.08. The highest BCUT2D eigenvalue weighted by Gasteiger charge is 2.22. The second-order valence-corrected chi connectivity index (χ2v) is 6.01. The van der Waals surface area contributed by atoms with E-state index in [-0.39, 0.29) is 0 Å². The molecule has 1 saturated heterocycles. The molecular weight excluding hydrogens is 310 g/mol. The molecule has 0 amide bonds. The monoisotopic (exact) mass is 329 g/mol. The van der Waals surface area contributed by atoms with Gasteiger partial charge in [0.05, 0.1) is 0 Å². The molecule has 0 N–H and O–H groups in total. The number of piperidine rings is 1. The fourth-order valence-corrected chi connectivity index (χ4v) is 3.69. The molecule has 18 heavy (non-hydrogen) atoms. The average molecular weight is 331 g/mol. The van der Waals surface area contributed by atoms with Crippen LogP contribution < -0.4 is 4.90 Å². The maximum absolute atomic E-state index is 6.32. The van der Waals surface area contributed by atoms with E-state index in [1.807, 2.05) is 0 Å². The molecule has 100 valence electrons. The standard InChI is InChI=1S/C15H21BrClN/c1-2-5-13-6-3-4-9-18(13)14-8-7-12(11-16)15(17)10-14/h7-8,10,13H,2-6,9,11H2,1H3. The van der Waals surface area contributed by atoms with Crippen LogP contribution in [0.15, 0.2) is 18.2 Å². The number of benzene rings is 1. The predicted octanol–water partition coefficient (Wildman–Crippen LogP) is 5.39. The van der Waals surface area contributed by atoms with Gasteiger partial charge in [-0.2, -0.15) is 0 Å². The lowest BCUT2D eigenvalue weighted by Gasteiger charge is -2.38. The van der Waals surface area contributed by atoms with Crippen molar-refractivity contribution in [3.63, 3.8) is 0 Å². The van der Waals surface area contributed by atoms with Crippen molar-refractivity contribution in [1.29, 1.82) is 0 Å². The normalized spacial score (nSPS) is 20.2. The molecule has 0 aliphatic carbocycles. The zero-order valence-electron chi connectivity index (χ0n) is 11.0. The Labute approximate surface area is 124 Å². The van der Waals surface area contributed by atoms with Gasteiger partial charge in [0.25, 0.3) is 0 Å². The first-order valence-electron chi connectivity index (χ1n) is 6.87. The third-order valence-corrected chi connectivity index (χ3v) is 4.72. The van der Waals surface area contributed by atoms with Crippen LogP contribution in [0.3, 0.4) is 0 Å². The van der Waals surface area contributed by atoms with Gasteiger partial charge < -0.3 is 4.90 Å². The number of anilines is 1. The highest BCUT2D eigenvalue weighted by Crippen LogP contribution is 2.31. The molecule has 0 aromatic heterocycles. The summed E-state index contributed by atoms with van der Waals surface area (Å²) in [5, 5.41) is 1.70. The van der Waals surface area contributed by atoms with Gasteiger partial charge in [-0.1, -0.05) is 46.9 Å². The van der Waals surface area contributed by atoms with Crippen LogP contribution in [0.4, 0.5) is 5.69 Å². The predicted molar refractivity (Wildman–Crippen MR) is 84.0 cm³/mol. The Balaban J connectivity index is 2.19. The third-order valence-electron chi connectivity index (χ3n) is 3.76. The summed E-state index contributed by atoms with van der Waals surface area (Å²) in [5.41, 5.74) is 2.47. The quantitative estimate of drug-likeness (QED) is 0.669. The summed E-state index contributed by atoms with van der Waals surface area (Å²) in [4.78, 5) is 2.55. The Morgan fingerprint density at radius 3 is 2.89 bits per heavy atom. The zero-order valence-corrected chi connectivity index (χ0v) is 13.3. The first kappa shape index (κ1) is 14.2. The van der Waals surface area contributed by atoms with E-state index in [9.17, 15) is 0 Å². The van der Waals surface area contributed by atoms with Crippen LogP contribution in [0.1, 0.15) is 44.6 Å². The molecule has 1 aliphatic rings. The molecule has 0 saturated carbocycles. The summed E-state index contributed by atoms with van der Waals surface area (Å²) in [5.74, 6) is 0. The van der Waals surface area contributed by atoms with Gasteiger partial charge in [0.1, 0.15) is 0 Å². The smallest absolute Gasteiger partial charge is 0.0467 e. The van der Waals surface area contributed by atoms with Gasteiger partial charge in [-0.25, -0.2) is 0 Å². The van der Waals surface area contributed by atoms with E-state index >= 15 is 0 Å². The molecule has 3 heteroatoms. The van der Waals surface area contributed by atoms with Crippen molar-refractivity contribution >= 4 is 33.2 Å². The van der Waals surface area contributed by atoms with Gasteiger partial charge in [0.15, 0.2) is 0 Å². The summed E-state index contributed by atoms with van der Waals surface area (Å²) >= 11 is 9.78. The van der Waals surface area contributed by atoms with Gasteiger partial charge in [-0.15, -0.1) is 0 Å². The Hall–Kier alpha value is -0.210. The first-order chi connectivity index (χ1) is 8.76. The Kier molecular flexibility index (Phi) is 5.38. The number of nitrogens with zero attached hydrogens (tertiary/aromatic N) is 1. The Morgan fingerprint density at radius 2 is 2.22 bits per heavy atom. The molecular formula is C15H21BrClN. The van der Waals surface area contributed by atoms with E-state index in [0.717, 1.165) is 10.4 Å². The summed E-state index contributed by atoms with van der Waals surface area (Å²) < 4.78 is 0. The van der Waals surface area contributed by atoms with E-state index in [1.54, 1.807) is 0 Å². The van der Waals surface area contributed by atoms with E-state index in [1.165, 1.54) is 49.9 Å². The minimum absolute atomic E-state index is 0.703. The van der Waals surface area contributed by atoms with Gasteiger partial charge >= 0.3 is 0 Å². The number of alkyl halides is 1. The molecule has 1 aliphatic heterocycles. The minimum atomic E-state index is 0.703. The van der Waals surface area contributed by atoms with Crippen LogP contribution in [-0.2, 0) is 5.33 Å². The van der Waals surface area contributed by atoms with Crippen LogP contribution >= 0.6 is 27.5 Å². The number of hydrogen-bond donors (Lipinski definition) is 0. The molecule has 1 fully saturated rings. The average Bonchev–Trinajstić information content (AvgIpc) is 2.40. The lowest BCUT2D eigenvalue weighted by molar-refractivity contribution is 0.435. The van der Waals surface area contributed by atoms with Gasteiger partial charge in [0, 0.05) is 28.6 Å². The summed E-state index contributed by atoms with van der Waals surface area (Å²) in [6, 6.07) is 7.20. The largest absolute Gasteiger partial charge is 0.369 e. The van der Waals surface area contributed by atoms with Gasteiger partial charge in [-0.05, 0) is 43.4 Å². The zero-order chi connectivity index (χ0) is 13.0. The lowest BCUT2D eigenvalue weighted by Crippen LogP contribution is -2.39. The maximum atomic E-state index is 6.32. The molecule has 1 atom stereocenters.